The normalized spacial score (nSPS) is 25.5. The van der Waals surface area contributed by atoms with Crippen molar-refractivity contribution in [1.82, 2.24) is 4.90 Å². The number of nitrogens with zero attached hydrogens (tertiary/aromatic N) is 2. The Balaban J connectivity index is 1.31. The van der Waals surface area contributed by atoms with Crippen LogP contribution in [0.15, 0.2) is 107 Å². The van der Waals surface area contributed by atoms with Crippen molar-refractivity contribution in [2.45, 2.75) is 99.7 Å². The van der Waals surface area contributed by atoms with Crippen LogP contribution in [-0.4, -0.2) is 98.0 Å². The minimum atomic E-state index is -1.41. The number of hydrogen-bond acceptors (Lipinski definition) is 12. The molecule has 0 aromatic heterocycles. The second-order valence-electron chi connectivity index (χ2n) is 16.7. The summed E-state index contributed by atoms with van der Waals surface area (Å²) in [4.78, 5) is 23.2. The van der Waals surface area contributed by atoms with Gasteiger partial charge in [0.1, 0.15) is 29.9 Å². The molecular weight excluding hydrogens is 821 g/mol. The van der Waals surface area contributed by atoms with E-state index in [1.165, 1.54) is 0 Å². The number of likely N-dealkylation sites (N-methyl/N-ethyl adjacent to an activating group) is 1. The highest BCUT2D eigenvalue weighted by molar-refractivity contribution is 7.98. The van der Waals surface area contributed by atoms with E-state index in [2.05, 4.69) is 18.7 Å². The molecule has 2 heterocycles. The largest absolute Gasteiger partial charge is 0.459 e. The van der Waals surface area contributed by atoms with Crippen molar-refractivity contribution in [1.29, 1.82) is 0 Å². The average Bonchev–Trinajstić information content (AvgIpc) is 3.32. The number of unbranched alkanes of at least 4 members (excludes halogenated alkanes) is 2. The Labute approximate surface area is 376 Å². The van der Waals surface area contributed by atoms with Gasteiger partial charge in [-0.3, -0.25) is 0 Å². The van der Waals surface area contributed by atoms with Gasteiger partial charge in [-0.25, -0.2) is 4.79 Å². The summed E-state index contributed by atoms with van der Waals surface area (Å²) in [7, 11) is 1.72. The molecule has 7 atom stereocenters. The van der Waals surface area contributed by atoms with Crippen LogP contribution in [0, 0.1) is 17.8 Å². The second-order valence-corrected chi connectivity index (χ2v) is 17.6. The standard InChI is InChI=1S/C50H64N2O10S/c1-4-27-59-50-45(52(2)49(55)58-30-29-56-34-35-14-6-5-7-15-35)33-43(51-62-46-18-10-13-28-57-46)41-31-36(16-8-11-25-53)40(17-9-12-26-54)47(48(41)50)42-32-38(21-24-44(42)61-50)60-37-19-22-39(63-3)23-20-37/h4-7,14-15,19-24,31-32,36,40,45-48,53-54H,1,8-13,16-18,25-30,33-34H2,2-3H3. The maximum atomic E-state index is 14.2. The highest BCUT2D eigenvalue weighted by Crippen LogP contribution is 2.62. The molecule has 7 rings (SSSR count). The average molecular weight is 885 g/mol. The van der Waals surface area contributed by atoms with E-state index in [4.69, 9.17) is 38.4 Å². The molecule has 7 unspecified atom stereocenters. The number of carbonyl (C=O) groups excluding carboxylic acids is 1. The number of rotatable bonds is 22. The quantitative estimate of drug-likeness (QED) is 0.0432. The molecule has 2 N–H and O–H groups in total. The molecule has 0 spiro atoms. The van der Waals surface area contributed by atoms with Crippen LogP contribution in [0.25, 0.3) is 0 Å². The van der Waals surface area contributed by atoms with Gasteiger partial charge >= 0.3 is 6.09 Å². The van der Waals surface area contributed by atoms with Crippen molar-refractivity contribution < 1.29 is 48.3 Å². The lowest BCUT2D eigenvalue weighted by Crippen LogP contribution is -2.69. The summed E-state index contributed by atoms with van der Waals surface area (Å²) in [5.74, 6) is 0.114. The molecule has 3 aromatic rings. The maximum absolute atomic E-state index is 14.2. The fraction of sp³-hybridized carbons (Fsp3) is 0.520. The molecule has 0 radical (unpaired) electrons. The SMILES string of the molecule is C=CCOC12Oc3ccc(Oc4ccc(SC)cc4)cc3C3C(CCCCO)C(CCCCO)C=C(C(=NOC4CCCCO4)CC1N(C)C(=O)OCCOCc1ccccc1)C32. The zero-order valence-corrected chi connectivity index (χ0v) is 37.6. The zero-order valence-electron chi connectivity index (χ0n) is 36.7. The number of hydrogen-bond donors (Lipinski definition) is 2. The molecule has 2 aliphatic heterocycles. The number of aliphatic hydroxyl groups is 2. The number of thioether (sulfide) groups is 1. The van der Waals surface area contributed by atoms with E-state index < -0.39 is 30.1 Å². The highest BCUT2D eigenvalue weighted by Gasteiger charge is 2.65. The van der Waals surface area contributed by atoms with Gasteiger partial charge in [0.15, 0.2) is 0 Å². The molecule has 1 amide bonds. The van der Waals surface area contributed by atoms with E-state index >= 15 is 0 Å². The van der Waals surface area contributed by atoms with Gasteiger partial charge in [0.05, 0.1) is 38.1 Å². The first-order valence-electron chi connectivity index (χ1n) is 22.6. The minimum absolute atomic E-state index is 0.0540. The summed E-state index contributed by atoms with van der Waals surface area (Å²) >= 11 is 1.67. The molecule has 340 valence electrons. The van der Waals surface area contributed by atoms with Gasteiger partial charge in [0.2, 0.25) is 12.1 Å². The third-order valence-corrected chi connectivity index (χ3v) is 13.4. The number of allylic oxidation sites excluding steroid dienone is 1. The van der Waals surface area contributed by atoms with E-state index in [1.807, 2.05) is 73.0 Å². The van der Waals surface area contributed by atoms with Gasteiger partial charge in [-0.15, -0.1) is 18.3 Å². The van der Waals surface area contributed by atoms with Crippen molar-refractivity contribution in [3.63, 3.8) is 0 Å². The Morgan fingerprint density at radius 1 is 0.984 bits per heavy atom. The third-order valence-electron chi connectivity index (χ3n) is 12.7. The Hall–Kier alpha value is -4.37. The number of oxime groups is 1. The summed E-state index contributed by atoms with van der Waals surface area (Å²) in [6.45, 7) is 5.67. The molecule has 0 bridgehead atoms. The molecule has 4 aliphatic rings. The maximum Gasteiger partial charge on any atom is 0.410 e. The molecule has 3 aromatic carbocycles. The van der Waals surface area contributed by atoms with Crippen molar-refractivity contribution in [2.24, 2.45) is 22.9 Å². The van der Waals surface area contributed by atoms with Crippen LogP contribution in [0.2, 0.25) is 0 Å². The molecule has 2 aliphatic carbocycles. The molecule has 12 nitrogen and oxygen atoms in total. The van der Waals surface area contributed by atoms with Crippen molar-refractivity contribution in [3.8, 4) is 17.2 Å². The molecule has 2 fully saturated rings. The molecule has 63 heavy (non-hydrogen) atoms. The fourth-order valence-electron chi connectivity index (χ4n) is 9.67. The van der Waals surface area contributed by atoms with Crippen molar-refractivity contribution in [2.75, 3.05) is 52.9 Å². The van der Waals surface area contributed by atoms with Gasteiger partial charge in [0.25, 0.3) is 0 Å². The van der Waals surface area contributed by atoms with Crippen molar-refractivity contribution in [3.05, 3.63) is 108 Å². The third kappa shape index (κ3) is 11.3. The van der Waals surface area contributed by atoms with Gasteiger partial charge in [-0.2, -0.15) is 0 Å². The monoisotopic (exact) mass is 884 g/mol. The van der Waals surface area contributed by atoms with E-state index in [-0.39, 0.29) is 57.2 Å². The van der Waals surface area contributed by atoms with Gasteiger partial charge < -0.3 is 48.4 Å². The van der Waals surface area contributed by atoms with Crippen LogP contribution >= 0.6 is 11.8 Å². The Morgan fingerprint density at radius 3 is 2.49 bits per heavy atom. The summed E-state index contributed by atoms with van der Waals surface area (Å²) in [6.07, 6.45) is 12.6. The Kier molecular flexibility index (Phi) is 17.0. The molecule has 13 heteroatoms. The van der Waals surface area contributed by atoms with E-state index in [9.17, 15) is 15.0 Å². The van der Waals surface area contributed by atoms with Gasteiger partial charge in [0, 0.05) is 49.5 Å². The number of aliphatic hydroxyl groups excluding tert-OH is 2. The smallest absolute Gasteiger partial charge is 0.410 e. The van der Waals surface area contributed by atoms with E-state index in [0.29, 0.717) is 43.3 Å². The van der Waals surface area contributed by atoms with Crippen LogP contribution in [0.4, 0.5) is 4.79 Å². The first-order chi connectivity index (χ1) is 30.9. The van der Waals surface area contributed by atoms with Crippen LogP contribution in [0.5, 0.6) is 17.2 Å². The topological polar surface area (TPSA) is 138 Å². The second kappa shape index (κ2) is 23.0. The lowest BCUT2D eigenvalue weighted by atomic mass is 9.55. The molecule has 1 saturated heterocycles. The summed E-state index contributed by atoms with van der Waals surface area (Å²) in [5.41, 5.74) is 3.65. The summed E-state index contributed by atoms with van der Waals surface area (Å²) < 4.78 is 38.5. The number of carbonyl (C=O) groups is 1. The van der Waals surface area contributed by atoms with Gasteiger partial charge in [-0.1, -0.05) is 60.5 Å². The zero-order chi connectivity index (χ0) is 44.0. The Morgan fingerprint density at radius 2 is 1.76 bits per heavy atom. The van der Waals surface area contributed by atoms with Crippen LogP contribution < -0.4 is 9.47 Å². The number of benzene rings is 3. The van der Waals surface area contributed by atoms with Gasteiger partial charge in [-0.05, 0) is 110 Å². The number of amides is 1. The van der Waals surface area contributed by atoms with E-state index in [1.54, 1.807) is 29.8 Å². The predicted octanol–water partition coefficient (Wildman–Crippen LogP) is 9.65. The fourth-order valence-corrected chi connectivity index (χ4v) is 10.1. The van der Waals surface area contributed by atoms with Crippen LogP contribution in [0.3, 0.4) is 0 Å². The highest BCUT2D eigenvalue weighted by atomic mass is 32.2. The van der Waals surface area contributed by atoms with E-state index in [0.717, 1.165) is 72.3 Å². The lowest BCUT2D eigenvalue weighted by Gasteiger charge is -2.59. The summed E-state index contributed by atoms with van der Waals surface area (Å²) in [5, 5.41) is 24.8. The lowest BCUT2D eigenvalue weighted by molar-refractivity contribution is -0.254. The first-order valence-corrected chi connectivity index (χ1v) is 23.8. The minimum Gasteiger partial charge on any atom is -0.459 e. The number of ether oxygens (including phenoxy) is 6. The molecular formula is C50H64N2O10S. The molecule has 1 saturated carbocycles. The first kappa shape index (κ1) is 46.6. The van der Waals surface area contributed by atoms with Crippen LogP contribution in [0.1, 0.15) is 81.3 Å². The predicted molar refractivity (Wildman–Crippen MR) is 243 cm³/mol. The number of fused-ring (bicyclic) bond motifs is 2. The van der Waals surface area contributed by atoms with Crippen molar-refractivity contribution >= 4 is 23.6 Å². The Bertz CT molecular complexity index is 1990. The summed E-state index contributed by atoms with van der Waals surface area (Å²) in [6, 6.07) is 23.1. The van der Waals surface area contributed by atoms with Crippen LogP contribution in [-0.2, 0) is 30.4 Å².